The molecule has 2 aromatic carbocycles. The van der Waals surface area contributed by atoms with Gasteiger partial charge >= 0.3 is 6.03 Å². The Morgan fingerprint density at radius 1 is 1.07 bits per heavy atom. The average Bonchev–Trinajstić information content (AvgIpc) is 3.06. The molecule has 0 aliphatic carbocycles. The Labute approximate surface area is 173 Å². The Kier molecular flexibility index (Phi) is 6.01. The second-order valence-electron chi connectivity index (χ2n) is 6.92. The zero-order valence-electron chi connectivity index (χ0n) is 16.9. The van der Waals surface area contributed by atoms with Gasteiger partial charge in [-0.15, -0.1) is 0 Å². The van der Waals surface area contributed by atoms with Crippen LogP contribution >= 0.6 is 0 Å². The van der Waals surface area contributed by atoms with E-state index < -0.39 is 11.9 Å². The smallest absolute Gasteiger partial charge is 0.323 e. The van der Waals surface area contributed by atoms with Gasteiger partial charge in [0.1, 0.15) is 5.75 Å². The van der Waals surface area contributed by atoms with Crippen molar-refractivity contribution in [2.24, 2.45) is 0 Å². The van der Waals surface area contributed by atoms with Gasteiger partial charge in [-0.25, -0.2) is 4.79 Å². The molecule has 0 radical (unpaired) electrons. The quantitative estimate of drug-likeness (QED) is 0.776. The molecular weight excluding hydrogens is 388 g/mol. The van der Waals surface area contributed by atoms with Gasteiger partial charge in [-0.2, -0.15) is 0 Å². The van der Waals surface area contributed by atoms with Crippen LogP contribution in [0.2, 0.25) is 0 Å². The van der Waals surface area contributed by atoms with Crippen molar-refractivity contribution in [1.29, 1.82) is 0 Å². The summed E-state index contributed by atoms with van der Waals surface area (Å²) in [4.78, 5) is 51.5. The monoisotopic (exact) mass is 410 g/mol. The van der Waals surface area contributed by atoms with Crippen LogP contribution in [-0.2, 0) is 6.54 Å². The van der Waals surface area contributed by atoms with Crippen molar-refractivity contribution in [2.45, 2.75) is 6.54 Å². The van der Waals surface area contributed by atoms with E-state index in [9.17, 15) is 19.2 Å². The first-order valence-corrected chi connectivity index (χ1v) is 9.17. The van der Waals surface area contributed by atoms with Gasteiger partial charge < -0.3 is 19.9 Å². The van der Waals surface area contributed by atoms with Gasteiger partial charge in [-0.1, -0.05) is 6.07 Å². The molecule has 0 saturated heterocycles. The number of rotatable bonds is 5. The Morgan fingerprint density at radius 2 is 1.73 bits per heavy atom. The Morgan fingerprint density at radius 3 is 2.37 bits per heavy atom. The number of carbonyl (C=O) groups is 4. The van der Waals surface area contributed by atoms with Crippen LogP contribution in [0.4, 0.5) is 4.79 Å². The molecule has 0 spiro atoms. The fourth-order valence-electron chi connectivity index (χ4n) is 3.00. The van der Waals surface area contributed by atoms with Crippen LogP contribution in [0.5, 0.6) is 5.75 Å². The molecule has 0 fully saturated rings. The number of urea groups is 1. The molecule has 9 heteroatoms. The molecule has 0 bridgehead atoms. The number of hydrogen-bond acceptors (Lipinski definition) is 5. The molecule has 9 nitrogen and oxygen atoms in total. The number of carbonyl (C=O) groups excluding carboxylic acids is 4. The summed E-state index contributed by atoms with van der Waals surface area (Å²) in [6, 6.07) is 10.5. The van der Waals surface area contributed by atoms with Crippen molar-refractivity contribution in [3.05, 3.63) is 64.7 Å². The van der Waals surface area contributed by atoms with Gasteiger partial charge in [0.15, 0.2) is 0 Å². The van der Waals surface area contributed by atoms with E-state index in [1.54, 1.807) is 32.3 Å². The van der Waals surface area contributed by atoms with E-state index >= 15 is 0 Å². The van der Waals surface area contributed by atoms with Gasteiger partial charge in [0, 0.05) is 37.3 Å². The van der Waals surface area contributed by atoms with E-state index in [0.29, 0.717) is 23.4 Å². The van der Waals surface area contributed by atoms with Crippen molar-refractivity contribution >= 4 is 23.8 Å². The summed E-state index contributed by atoms with van der Waals surface area (Å²) >= 11 is 0. The zero-order chi connectivity index (χ0) is 21.8. The molecule has 30 heavy (non-hydrogen) atoms. The minimum Gasteiger partial charge on any atom is -0.497 e. The summed E-state index contributed by atoms with van der Waals surface area (Å²) in [5.74, 6) is -0.444. The Balaban J connectivity index is 1.53. The summed E-state index contributed by atoms with van der Waals surface area (Å²) in [5, 5.41) is 4.71. The third kappa shape index (κ3) is 4.40. The Bertz CT molecular complexity index is 1000. The maximum atomic E-state index is 12.5. The lowest BCUT2D eigenvalue weighted by atomic mass is 10.1. The average molecular weight is 410 g/mol. The fourth-order valence-corrected chi connectivity index (χ4v) is 3.00. The number of fused-ring (bicyclic) bond motifs is 1. The summed E-state index contributed by atoms with van der Waals surface area (Å²) in [6.45, 7) is 0.305. The van der Waals surface area contributed by atoms with Crippen molar-refractivity contribution in [3.63, 3.8) is 0 Å². The lowest BCUT2D eigenvalue weighted by molar-refractivity contribution is 0.0769. The van der Waals surface area contributed by atoms with Crippen LogP contribution in [0.3, 0.4) is 0 Å². The van der Waals surface area contributed by atoms with Crippen molar-refractivity contribution < 1.29 is 23.9 Å². The van der Waals surface area contributed by atoms with E-state index in [1.807, 2.05) is 0 Å². The van der Waals surface area contributed by atoms with E-state index in [0.717, 1.165) is 5.56 Å². The molecule has 0 aromatic heterocycles. The summed E-state index contributed by atoms with van der Waals surface area (Å²) < 4.78 is 5.13. The molecule has 0 unspecified atom stereocenters. The Hall–Kier alpha value is -3.88. The minimum absolute atomic E-state index is 0.0504. The van der Waals surface area contributed by atoms with Crippen LogP contribution in [0.25, 0.3) is 0 Å². The number of ether oxygens (including phenoxy) is 1. The van der Waals surface area contributed by atoms with Crippen LogP contribution < -0.4 is 15.4 Å². The van der Waals surface area contributed by atoms with E-state index in [2.05, 4.69) is 10.6 Å². The molecule has 1 aliphatic heterocycles. The number of methoxy groups -OCH3 is 1. The summed E-state index contributed by atoms with van der Waals surface area (Å²) in [7, 11) is 4.79. The third-order valence-corrected chi connectivity index (χ3v) is 4.65. The predicted molar refractivity (Wildman–Crippen MR) is 108 cm³/mol. The molecule has 0 atom stereocenters. The first kappa shape index (κ1) is 20.8. The molecule has 5 amide bonds. The van der Waals surface area contributed by atoms with E-state index in [1.165, 1.54) is 41.2 Å². The molecule has 156 valence electrons. The maximum absolute atomic E-state index is 12.5. The second-order valence-corrected chi connectivity index (χ2v) is 6.92. The first-order chi connectivity index (χ1) is 14.3. The van der Waals surface area contributed by atoms with E-state index in [4.69, 9.17) is 4.74 Å². The highest BCUT2D eigenvalue weighted by molar-refractivity contribution is 6.05. The number of imide groups is 1. The number of amides is 5. The standard InChI is InChI=1S/C21H22N4O5/c1-24(2)19(27)14-6-4-13(5-7-14)18(26)23-21(29)22-12-25-11-15-8-9-16(30-3)10-17(15)20(25)28/h4-10H,11-12H2,1-3H3,(H2,22,23,26,29). The number of nitrogens with one attached hydrogen (secondary N) is 2. The number of nitrogens with zero attached hydrogens (tertiary/aromatic N) is 2. The second kappa shape index (κ2) is 8.64. The van der Waals surface area contributed by atoms with Crippen LogP contribution in [0.1, 0.15) is 36.6 Å². The van der Waals surface area contributed by atoms with Gasteiger partial charge in [0.2, 0.25) is 0 Å². The lowest BCUT2D eigenvalue weighted by Crippen LogP contribution is -2.44. The van der Waals surface area contributed by atoms with Gasteiger partial charge in [0.25, 0.3) is 17.7 Å². The molecule has 3 rings (SSSR count). The molecule has 2 aromatic rings. The topological polar surface area (TPSA) is 108 Å². The number of benzene rings is 2. The van der Waals surface area contributed by atoms with E-state index in [-0.39, 0.29) is 24.0 Å². The zero-order valence-corrected chi connectivity index (χ0v) is 16.9. The summed E-state index contributed by atoms with van der Waals surface area (Å²) in [5.41, 5.74) is 2.04. The SMILES string of the molecule is COc1ccc2c(c1)C(=O)N(CNC(=O)NC(=O)c1ccc(C(=O)N(C)C)cc1)C2. The molecule has 1 aliphatic rings. The van der Waals surface area contributed by atoms with Gasteiger partial charge in [0.05, 0.1) is 13.8 Å². The maximum Gasteiger partial charge on any atom is 0.323 e. The third-order valence-electron chi connectivity index (χ3n) is 4.65. The normalized spacial score (nSPS) is 12.2. The largest absolute Gasteiger partial charge is 0.497 e. The predicted octanol–water partition coefficient (Wildman–Crippen LogP) is 1.45. The fraction of sp³-hybridized carbons (Fsp3) is 0.238. The highest BCUT2D eigenvalue weighted by atomic mass is 16.5. The highest BCUT2D eigenvalue weighted by Crippen LogP contribution is 2.26. The van der Waals surface area contributed by atoms with Crippen molar-refractivity contribution in [1.82, 2.24) is 20.4 Å². The lowest BCUT2D eigenvalue weighted by Gasteiger charge is -2.16. The van der Waals surface area contributed by atoms with Crippen LogP contribution in [-0.4, -0.2) is 61.4 Å². The van der Waals surface area contributed by atoms with Crippen molar-refractivity contribution in [3.8, 4) is 5.75 Å². The molecule has 1 heterocycles. The van der Waals surface area contributed by atoms with Gasteiger partial charge in [-0.3, -0.25) is 19.7 Å². The van der Waals surface area contributed by atoms with Crippen LogP contribution in [0.15, 0.2) is 42.5 Å². The summed E-state index contributed by atoms with van der Waals surface area (Å²) in [6.07, 6.45) is 0. The molecular formula is C21H22N4O5. The molecule has 2 N–H and O–H groups in total. The van der Waals surface area contributed by atoms with Crippen molar-refractivity contribution in [2.75, 3.05) is 27.9 Å². The highest BCUT2D eigenvalue weighted by Gasteiger charge is 2.28. The van der Waals surface area contributed by atoms with Gasteiger partial charge in [-0.05, 0) is 42.0 Å². The van der Waals surface area contributed by atoms with Crippen LogP contribution in [0, 0.1) is 0 Å². The first-order valence-electron chi connectivity index (χ1n) is 9.17. The number of hydrogen-bond donors (Lipinski definition) is 2. The molecule has 0 saturated carbocycles. The minimum atomic E-state index is -0.727.